The summed E-state index contributed by atoms with van der Waals surface area (Å²) in [7, 11) is 0. The number of likely N-dealkylation sites (tertiary alicyclic amines) is 1. The average Bonchev–Trinajstić information content (AvgIpc) is 3.14. The van der Waals surface area contributed by atoms with Crippen LogP contribution in [-0.2, 0) is 0 Å². The normalized spacial score (nSPS) is 21.4. The summed E-state index contributed by atoms with van der Waals surface area (Å²) in [6.45, 7) is 0.909. The summed E-state index contributed by atoms with van der Waals surface area (Å²) >= 11 is 0. The highest BCUT2D eigenvalue weighted by molar-refractivity contribution is 6.06. The molecule has 4 nitrogen and oxygen atoms in total. The summed E-state index contributed by atoms with van der Waals surface area (Å²) in [6, 6.07) is 7.52. The van der Waals surface area contributed by atoms with Crippen molar-refractivity contribution in [2.45, 2.75) is 18.4 Å². The predicted molar refractivity (Wildman–Crippen MR) is 69.8 cm³/mol. The van der Waals surface area contributed by atoms with E-state index < -0.39 is 5.60 Å². The van der Waals surface area contributed by atoms with E-state index in [1.54, 1.807) is 4.90 Å². The molecule has 1 amide bonds. The van der Waals surface area contributed by atoms with Gasteiger partial charge in [0.1, 0.15) is 17.4 Å². The van der Waals surface area contributed by atoms with E-state index in [0.29, 0.717) is 24.6 Å². The van der Waals surface area contributed by atoms with Gasteiger partial charge in [0.25, 0.3) is 5.91 Å². The molecule has 98 valence electrons. The number of hydrogen-bond donors (Lipinski definition) is 1. The van der Waals surface area contributed by atoms with Crippen LogP contribution in [0.2, 0.25) is 0 Å². The molecule has 1 aromatic heterocycles. The number of amides is 1. The number of β-amino-alcohol motifs (C(OH)–C–C–N with tert-alkyl or cyclic N) is 1. The van der Waals surface area contributed by atoms with Crippen molar-refractivity contribution in [3.63, 3.8) is 0 Å². The lowest BCUT2D eigenvalue weighted by atomic mass is 9.88. The fourth-order valence-corrected chi connectivity index (χ4v) is 2.95. The SMILES string of the molecule is O=C(c1coc2ccccc12)N1CC(O)(C2CC2)C1. The molecule has 19 heavy (non-hydrogen) atoms. The zero-order valence-corrected chi connectivity index (χ0v) is 10.5. The quantitative estimate of drug-likeness (QED) is 0.895. The van der Waals surface area contributed by atoms with Crippen LogP contribution in [0.15, 0.2) is 34.9 Å². The first-order chi connectivity index (χ1) is 9.17. The first-order valence-corrected chi connectivity index (χ1v) is 6.65. The van der Waals surface area contributed by atoms with Crippen molar-refractivity contribution >= 4 is 16.9 Å². The van der Waals surface area contributed by atoms with Crippen LogP contribution in [-0.4, -0.2) is 34.6 Å². The average molecular weight is 257 g/mol. The monoisotopic (exact) mass is 257 g/mol. The summed E-state index contributed by atoms with van der Waals surface area (Å²) < 4.78 is 5.39. The Labute approximate surface area is 110 Å². The minimum Gasteiger partial charge on any atom is -0.463 e. The summed E-state index contributed by atoms with van der Waals surface area (Å²) in [5.41, 5.74) is 0.687. The highest BCUT2D eigenvalue weighted by Crippen LogP contribution is 2.45. The second kappa shape index (κ2) is 3.61. The van der Waals surface area contributed by atoms with Crippen molar-refractivity contribution in [1.29, 1.82) is 0 Å². The Morgan fingerprint density at radius 2 is 2.05 bits per heavy atom. The van der Waals surface area contributed by atoms with Crippen LogP contribution in [0.25, 0.3) is 11.0 Å². The molecule has 4 heteroatoms. The Bertz CT molecular complexity index is 650. The first-order valence-electron chi connectivity index (χ1n) is 6.65. The third-order valence-electron chi connectivity index (χ3n) is 4.27. The van der Waals surface area contributed by atoms with Gasteiger partial charge in [-0.05, 0) is 24.8 Å². The van der Waals surface area contributed by atoms with E-state index in [1.165, 1.54) is 6.26 Å². The van der Waals surface area contributed by atoms with Gasteiger partial charge in [0.2, 0.25) is 0 Å². The van der Waals surface area contributed by atoms with Crippen LogP contribution in [0.3, 0.4) is 0 Å². The van der Waals surface area contributed by atoms with Crippen molar-refractivity contribution in [1.82, 2.24) is 4.90 Å². The van der Waals surface area contributed by atoms with Crippen molar-refractivity contribution in [2.24, 2.45) is 5.92 Å². The Morgan fingerprint density at radius 3 is 2.79 bits per heavy atom. The maximum atomic E-state index is 12.4. The van der Waals surface area contributed by atoms with Gasteiger partial charge >= 0.3 is 0 Å². The number of benzene rings is 1. The largest absolute Gasteiger partial charge is 0.463 e. The van der Waals surface area contributed by atoms with E-state index >= 15 is 0 Å². The molecule has 0 spiro atoms. The molecule has 2 heterocycles. The Kier molecular flexibility index (Phi) is 2.10. The lowest BCUT2D eigenvalue weighted by Crippen LogP contribution is -2.64. The van der Waals surface area contributed by atoms with Crippen molar-refractivity contribution < 1.29 is 14.3 Å². The summed E-state index contributed by atoms with van der Waals surface area (Å²) in [5, 5.41) is 11.1. The fraction of sp³-hybridized carbons (Fsp3) is 0.400. The van der Waals surface area contributed by atoms with E-state index in [-0.39, 0.29) is 5.91 Å². The number of fused-ring (bicyclic) bond motifs is 1. The zero-order chi connectivity index (χ0) is 13.0. The minimum absolute atomic E-state index is 0.0460. The second-order valence-electron chi connectivity index (χ2n) is 5.68. The number of furan rings is 1. The van der Waals surface area contributed by atoms with Gasteiger partial charge in [0.05, 0.1) is 18.7 Å². The number of hydrogen-bond acceptors (Lipinski definition) is 3. The molecule has 1 aliphatic carbocycles. The molecule has 2 aliphatic rings. The molecule has 2 fully saturated rings. The standard InChI is InChI=1S/C15H15NO3/c17-14(16-8-15(18,9-16)10-5-6-10)12-7-19-13-4-2-1-3-11(12)13/h1-4,7,10,18H,5-6,8-9H2. The third-order valence-corrected chi connectivity index (χ3v) is 4.27. The highest BCUT2D eigenvalue weighted by atomic mass is 16.3. The van der Waals surface area contributed by atoms with Crippen LogP contribution in [0, 0.1) is 5.92 Å². The molecule has 2 aromatic rings. The van der Waals surface area contributed by atoms with Crippen molar-refractivity contribution in [3.05, 3.63) is 36.1 Å². The van der Waals surface area contributed by atoms with Gasteiger partial charge in [-0.25, -0.2) is 0 Å². The van der Waals surface area contributed by atoms with Gasteiger partial charge in [-0.1, -0.05) is 18.2 Å². The van der Waals surface area contributed by atoms with Crippen molar-refractivity contribution in [3.8, 4) is 0 Å². The lowest BCUT2D eigenvalue weighted by Gasteiger charge is -2.46. The molecule has 0 atom stereocenters. The molecule has 1 saturated heterocycles. The van der Waals surface area contributed by atoms with Gasteiger partial charge in [-0.15, -0.1) is 0 Å². The van der Waals surface area contributed by atoms with Gasteiger partial charge in [0, 0.05) is 5.39 Å². The van der Waals surface area contributed by atoms with E-state index in [4.69, 9.17) is 4.42 Å². The van der Waals surface area contributed by atoms with Crippen molar-refractivity contribution in [2.75, 3.05) is 13.1 Å². The lowest BCUT2D eigenvalue weighted by molar-refractivity contribution is -0.0957. The van der Waals surface area contributed by atoms with Crippen LogP contribution in [0.5, 0.6) is 0 Å². The molecule has 1 saturated carbocycles. The maximum absolute atomic E-state index is 12.4. The fourth-order valence-electron chi connectivity index (χ4n) is 2.95. The van der Waals surface area contributed by atoms with E-state index in [0.717, 1.165) is 23.8 Å². The third kappa shape index (κ3) is 1.60. The van der Waals surface area contributed by atoms with Crippen LogP contribution in [0.1, 0.15) is 23.2 Å². The molecular weight excluding hydrogens is 242 g/mol. The van der Waals surface area contributed by atoms with Crippen LogP contribution < -0.4 is 0 Å². The van der Waals surface area contributed by atoms with E-state index in [9.17, 15) is 9.90 Å². The van der Waals surface area contributed by atoms with Crippen LogP contribution in [0.4, 0.5) is 0 Å². The molecule has 1 N–H and O–H groups in total. The van der Waals surface area contributed by atoms with E-state index in [2.05, 4.69) is 0 Å². The van der Waals surface area contributed by atoms with E-state index in [1.807, 2.05) is 24.3 Å². The molecule has 1 aliphatic heterocycles. The number of para-hydroxylation sites is 1. The Morgan fingerprint density at radius 1 is 1.32 bits per heavy atom. The number of carbonyl (C=O) groups is 1. The molecule has 0 bridgehead atoms. The Balaban J connectivity index is 1.58. The molecule has 0 unspecified atom stereocenters. The maximum Gasteiger partial charge on any atom is 0.257 e. The van der Waals surface area contributed by atoms with Gasteiger partial charge in [0.15, 0.2) is 0 Å². The molecule has 4 rings (SSSR count). The highest BCUT2D eigenvalue weighted by Gasteiger charge is 2.53. The first kappa shape index (κ1) is 11.1. The predicted octanol–water partition coefficient (Wildman–Crippen LogP) is 2.03. The second-order valence-corrected chi connectivity index (χ2v) is 5.68. The number of rotatable bonds is 2. The zero-order valence-electron chi connectivity index (χ0n) is 10.5. The van der Waals surface area contributed by atoms with Gasteiger partial charge in [-0.3, -0.25) is 4.79 Å². The van der Waals surface area contributed by atoms with Crippen LogP contribution >= 0.6 is 0 Å². The Hall–Kier alpha value is -1.81. The summed E-state index contributed by atoms with van der Waals surface area (Å²) in [6.07, 6.45) is 3.70. The molecule has 1 aromatic carbocycles. The molecule has 0 radical (unpaired) electrons. The van der Waals surface area contributed by atoms with Gasteiger partial charge in [-0.2, -0.15) is 0 Å². The number of carbonyl (C=O) groups excluding carboxylic acids is 1. The van der Waals surface area contributed by atoms with Gasteiger partial charge < -0.3 is 14.4 Å². The topological polar surface area (TPSA) is 53.7 Å². The number of nitrogens with zero attached hydrogens (tertiary/aromatic N) is 1. The molecular formula is C15H15NO3. The smallest absolute Gasteiger partial charge is 0.257 e. The number of aliphatic hydroxyl groups is 1. The minimum atomic E-state index is -0.630. The summed E-state index contributed by atoms with van der Waals surface area (Å²) in [5.74, 6) is 0.355. The summed E-state index contributed by atoms with van der Waals surface area (Å²) in [4.78, 5) is 14.1.